The zero-order valence-electron chi connectivity index (χ0n) is 16.8. The molecule has 2 aliphatic carbocycles. The lowest BCUT2D eigenvalue weighted by molar-refractivity contribution is -0.286. The van der Waals surface area contributed by atoms with Crippen LogP contribution in [0.15, 0.2) is 48.6 Å². The molecule has 7 heteroatoms. The van der Waals surface area contributed by atoms with E-state index in [1.165, 1.54) is 18.2 Å². The van der Waals surface area contributed by atoms with Gasteiger partial charge in [0.05, 0.1) is 11.1 Å². The Balaban J connectivity index is 1.38. The maximum atomic E-state index is 13.3. The van der Waals surface area contributed by atoms with Gasteiger partial charge in [0, 0.05) is 18.5 Å². The van der Waals surface area contributed by atoms with E-state index in [1.807, 2.05) is 25.1 Å². The molecule has 1 saturated carbocycles. The molecule has 5 nitrogen and oxygen atoms in total. The zero-order chi connectivity index (χ0) is 21.8. The third-order valence-corrected chi connectivity index (χ3v) is 5.98. The van der Waals surface area contributed by atoms with Gasteiger partial charge in [-0.25, -0.2) is 0 Å². The molecule has 3 aliphatic rings. The number of allylic oxidation sites excluding steroid dienone is 4. The van der Waals surface area contributed by atoms with Crippen molar-refractivity contribution in [2.75, 3.05) is 0 Å². The molecular weight excluding hydrogens is 404 g/mol. The van der Waals surface area contributed by atoms with Crippen molar-refractivity contribution >= 4 is 17.1 Å². The Bertz CT molecular complexity index is 1180. The molecule has 5 rings (SSSR count). The molecule has 0 spiro atoms. The van der Waals surface area contributed by atoms with Crippen molar-refractivity contribution < 1.29 is 27.8 Å². The van der Waals surface area contributed by atoms with Crippen LogP contribution in [0.4, 0.5) is 8.78 Å². The van der Waals surface area contributed by atoms with E-state index in [0.29, 0.717) is 30.5 Å². The smallest absolute Gasteiger partial charge is 0.395 e. The minimum absolute atomic E-state index is 0.0104. The molecule has 2 heterocycles. The topological polar surface area (TPSA) is 65.5 Å². The van der Waals surface area contributed by atoms with E-state index in [2.05, 4.69) is 14.5 Å². The third-order valence-electron chi connectivity index (χ3n) is 5.98. The number of aryl methyl sites for hydroxylation is 1. The average molecular weight is 423 g/mol. The molecule has 0 N–H and O–H groups in total. The van der Waals surface area contributed by atoms with E-state index >= 15 is 0 Å². The number of nitrogens with zero attached hydrogens (tertiary/aromatic N) is 1. The van der Waals surface area contributed by atoms with Gasteiger partial charge in [0.2, 0.25) is 0 Å². The van der Waals surface area contributed by atoms with Gasteiger partial charge in [-0.05, 0) is 66.8 Å². The van der Waals surface area contributed by atoms with Crippen molar-refractivity contribution in [2.24, 2.45) is 0 Å². The summed E-state index contributed by atoms with van der Waals surface area (Å²) < 4.78 is 35.6. The van der Waals surface area contributed by atoms with Crippen molar-refractivity contribution in [1.82, 2.24) is 4.98 Å². The number of carbonyl (C=O) groups excluding carboxylic acids is 2. The van der Waals surface area contributed by atoms with E-state index in [4.69, 9.17) is 0 Å². The number of ketones is 2. The number of pyridine rings is 1. The van der Waals surface area contributed by atoms with Gasteiger partial charge in [-0.15, -0.1) is 8.78 Å². The second kappa shape index (κ2) is 6.83. The van der Waals surface area contributed by atoms with Crippen LogP contribution in [-0.4, -0.2) is 22.8 Å². The standard InChI is InChI=1S/C24H19F2NO4/c1-14-2-6-17(27-22(14)15-3-7-18(28)8-4-15)13-21(29)23(10-11-23)16-5-9-19-20(12-16)31-24(25,26)30-19/h2-7,9,12H,8,10-11,13H2,1H3. The van der Waals surface area contributed by atoms with Crippen molar-refractivity contribution in [2.45, 2.75) is 44.3 Å². The van der Waals surface area contributed by atoms with Crippen molar-refractivity contribution in [3.05, 3.63) is 71.1 Å². The number of benzene rings is 1. The van der Waals surface area contributed by atoms with Gasteiger partial charge in [0.1, 0.15) is 5.78 Å². The summed E-state index contributed by atoms with van der Waals surface area (Å²) in [5, 5.41) is 0. The Morgan fingerprint density at radius 2 is 1.87 bits per heavy atom. The summed E-state index contributed by atoms with van der Waals surface area (Å²) in [5.41, 5.74) is 3.16. The summed E-state index contributed by atoms with van der Waals surface area (Å²) in [6, 6.07) is 8.29. The second-order valence-electron chi connectivity index (χ2n) is 8.14. The zero-order valence-corrected chi connectivity index (χ0v) is 16.8. The van der Waals surface area contributed by atoms with Gasteiger partial charge in [-0.3, -0.25) is 14.6 Å². The summed E-state index contributed by atoms with van der Waals surface area (Å²) in [4.78, 5) is 29.3. The van der Waals surface area contributed by atoms with E-state index in [-0.39, 0.29) is 29.5 Å². The fourth-order valence-corrected chi connectivity index (χ4v) is 4.10. The van der Waals surface area contributed by atoms with Crippen molar-refractivity contribution in [3.63, 3.8) is 0 Å². The largest absolute Gasteiger partial charge is 0.586 e. The van der Waals surface area contributed by atoms with E-state index in [1.54, 1.807) is 12.1 Å². The fourth-order valence-electron chi connectivity index (χ4n) is 4.10. The summed E-state index contributed by atoms with van der Waals surface area (Å²) in [5.74, 6) is -0.0503. The van der Waals surface area contributed by atoms with Gasteiger partial charge < -0.3 is 9.47 Å². The first-order valence-corrected chi connectivity index (χ1v) is 10.1. The summed E-state index contributed by atoms with van der Waals surface area (Å²) in [7, 11) is 0. The Kier molecular flexibility index (Phi) is 4.32. The summed E-state index contributed by atoms with van der Waals surface area (Å²) >= 11 is 0. The quantitative estimate of drug-likeness (QED) is 0.710. The van der Waals surface area contributed by atoms with Crippen LogP contribution in [0.25, 0.3) is 5.57 Å². The minimum atomic E-state index is -3.68. The number of fused-ring (bicyclic) bond motifs is 1. The Morgan fingerprint density at radius 1 is 1.10 bits per heavy atom. The van der Waals surface area contributed by atoms with Gasteiger partial charge in [0.25, 0.3) is 0 Å². The molecule has 0 radical (unpaired) electrons. The van der Waals surface area contributed by atoms with Crippen LogP contribution in [0.2, 0.25) is 0 Å². The van der Waals surface area contributed by atoms with Crippen LogP contribution < -0.4 is 9.47 Å². The van der Waals surface area contributed by atoms with Crippen LogP contribution in [-0.2, 0) is 21.4 Å². The normalized spacial score (nSPS) is 19.8. The molecule has 2 aromatic rings. The Labute approximate surface area is 177 Å². The summed E-state index contributed by atoms with van der Waals surface area (Å²) in [6.07, 6.45) is 3.21. The molecule has 0 unspecified atom stereocenters. The lowest BCUT2D eigenvalue weighted by Gasteiger charge is -2.16. The number of carbonyl (C=O) groups is 2. The monoisotopic (exact) mass is 423 g/mol. The molecule has 0 bridgehead atoms. The highest BCUT2D eigenvalue weighted by atomic mass is 19.3. The number of rotatable bonds is 5. The highest BCUT2D eigenvalue weighted by Gasteiger charge is 2.52. The van der Waals surface area contributed by atoms with Crippen LogP contribution in [0.5, 0.6) is 11.5 Å². The van der Waals surface area contributed by atoms with Gasteiger partial charge in [0.15, 0.2) is 17.3 Å². The molecule has 1 fully saturated rings. The average Bonchev–Trinajstić information content (AvgIpc) is 3.47. The molecular formula is C24H19F2NO4. The van der Waals surface area contributed by atoms with Crippen molar-refractivity contribution in [3.8, 4) is 11.5 Å². The number of alkyl halides is 2. The summed E-state index contributed by atoms with van der Waals surface area (Å²) in [6.45, 7) is 1.93. The fraction of sp³-hybridized carbons (Fsp3) is 0.292. The molecule has 0 atom stereocenters. The molecule has 158 valence electrons. The Morgan fingerprint density at radius 3 is 2.58 bits per heavy atom. The predicted octanol–water partition coefficient (Wildman–Crippen LogP) is 4.47. The number of hydrogen-bond acceptors (Lipinski definition) is 5. The highest BCUT2D eigenvalue weighted by Crippen LogP contribution is 2.52. The second-order valence-corrected chi connectivity index (χ2v) is 8.14. The first kappa shape index (κ1) is 19.6. The van der Waals surface area contributed by atoms with Gasteiger partial charge in [-0.2, -0.15) is 0 Å². The number of ether oxygens (including phenoxy) is 2. The number of aromatic nitrogens is 1. The highest BCUT2D eigenvalue weighted by molar-refractivity contribution is 5.98. The SMILES string of the molecule is Cc1ccc(CC(=O)C2(c3ccc4c(c3)OC(F)(F)O4)CC2)nc1C1=CCC(=O)C=C1. The predicted molar refractivity (Wildman–Crippen MR) is 108 cm³/mol. The van der Waals surface area contributed by atoms with E-state index in [9.17, 15) is 18.4 Å². The van der Waals surface area contributed by atoms with Crippen LogP contribution in [0, 0.1) is 6.92 Å². The number of hydrogen-bond donors (Lipinski definition) is 0. The lowest BCUT2D eigenvalue weighted by Crippen LogP contribution is -2.26. The number of halogens is 2. The molecule has 1 aromatic carbocycles. The molecule has 1 aromatic heterocycles. The number of Topliss-reactive ketones (excluding diaryl/α,β-unsaturated/α-hetero) is 1. The van der Waals surface area contributed by atoms with Crippen LogP contribution >= 0.6 is 0 Å². The van der Waals surface area contributed by atoms with Gasteiger partial charge >= 0.3 is 6.29 Å². The maximum Gasteiger partial charge on any atom is 0.586 e. The van der Waals surface area contributed by atoms with Gasteiger partial charge in [-0.1, -0.05) is 18.2 Å². The van der Waals surface area contributed by atoms with E-state index < -0.39 is 11.7 Å². The van der Waals surface area contributed by atoms with E-state index in [0.717, 1.165) is 16.8 Å². The molecule has 0 saturated heterocycles. The first-order chi connectivity index (χ1) is 14.8. The third kappa shape index (κ3) is 3.54. The van der Waals surface area contributed by atoms with Crippen LogP contribution in [0.1, 0.15) is 41.8 Å². The first-order valence-electron chi connectivity index (χ1n) is 10.1. The molecule has 31 heavy (non-hydrogen) atoms. The Hall–Kier alpha value is -3.35. The van der Waals surface area contributed by atoms with Crippen LogP contribution in [0.3, 0.4) is 0 Å². The molecule has 0 amide bonds. The molecule has 1 aliphatic heterocycles. The lowest BCUT2D eigenvalue weighted by atomic mass is 9.88. The van der Waals surface area contributed by atoms with Crippen molar-refractivity contribution in [1.29, 1.82) is 0 Å². The minimum Gasteiger partial charge on any atom is -0.395 e. The maximum absolute atomic E-state index is 13.3.